The van der Waals surface area contributed by atoms with Gasteiger partial charge in [0.15, 0.2) is 5.65 Å². The van der Waals surface area contributed by atoms with Crippen molar-refractivity contribution in [3.63, 3.8) is 0 Å². The molecular formula is C29H31N7O3. The molecule has 0 unspecified atom stereocenters. The van der Waals surface area contributed by atoms with Crippen molar-refractivity contribution in [3.05, 3.63) is 75.7 Å². The molecular weight excluding hydrogens is 494 g/mol. The Morgan fingerprint density at radius 1 is 1.13 bits per heavy atom. The van der Waals surface area contributed by atoms with Gasteiger partial charge >= 0.3 is 6.09 Å². The highest BCUT2D eigenvalue weighted by Gasteiger charge is 2.26. The fourth-order valence-electron chi connectivity index (χ4n) is 4.70. The summed E-state index contributed by atoms with van der Waals surface area (Å²) in [5, 5.41) is 12.8. The number of amides is 1. The lowest BCUT2D eigenvalue weighted by atomic mass is 9.99. The van der Waals surface area contributed by atoms with Crippen LogP contribution in [0, 0.1) is 11.3 Å². The summed E-state index contributed by atoms with van der Waals surface area (Å²) >= 11 is 0. The highest BCUT2D eigenvalue weighted by Crippen LogP contribution is 2.26. The first kappa shape index (κ1) is 26.0. The van der Waals surface area contributed by atoms with E-state index in [9.17, 15) is 14.9 Å². The van der Waals surface area contributed by atoms with Crippen LogP contribution in [0.5, 0.6) is 0 Å². The third-order valence-corrected chi connectivity index (χ3v) is 6.48. The molecule has 0 bridgehead atoms. The number of rotatable bonds is 4. The molecule has 200 valence electrons. The minimum Gasteiger partial charge on any atom is -0.444 e. The Bertz CT molecular complexity index is 1650. The van der Waals surface area contributed by atoms with E-state index in [2.05, 4.69) is 16.4 Å². The normalized spacial score (nSPS) is 13.3. The molecule has 0 atom stereocenters. The average molecular weight is 526 g/mol. The van der Waals surface area contributed by atoms with Crippen molar-refractivity contribution in [2.45, 2.75) is 59.2 Å². The number of hydrogen-bond acceptors (Lipinski definition) is 7. The van der Waals surface area contributed by atoms with E-state index in [0.717, 1.165) is 23.4 Å². The van der Waals surface area contributed by atoms with Crippen LogP contribution in [0.4, 0.5) is 16.4 Å². The van der Waals surface area contributed by atoms with Gasteiger partial charge in [-0.1, -0.05) is 6.07 Å². The average Bonchev–Trinajstić information content (AvgIpc) is 3.19. The highest BCUT2D eigenvalue weighted by molar-refractivity contribution is 5.77. The van der Waals surface area contributed by atoms with Gasteiger partial charge in [0.2, 0.25) is 5.95 Å². The summed E-state index contributed by atoms with van der Waals surface area (Å²) in [4.78, 5) is 36.7. The van der Waals surface area contributed by atoms with Gasteiger partial charge in [0.1, 0.15) is 11.0 Å². The Kier molecular flexibility index (Phi) is 6.60. The largest absolute Gasteiger partial charge is 0.444 e. The minimum absolute atomic E-state index is 0.132. The van der Waals surface area contributed by atoms with Crippen LogP contribution in [0.3, 0.4) is 0 Å². The molecule has 10 heteroatoms. The smallest absolute Gasteiger partial charge is 0.410 e. The van der Waals surface area contributed by atoms with Crippen LogP contribution in [0.25, 0.3) is 16.7 Å². The van der Waals surface area contributed by atoms with Crippen molar-refractivity contribution < 1.29 is 9.53 Å². The van der Waals surface area contributed by atoms with Crippen molar-refractivity contribution in [1.29, 1.82) is 5.26 Å². The summed E-state index contributed by atoms with van der Waals surface area (Å²) in [5.41, 5.74) is 3.95. The summed E-state index contributed by atoms with van der Waals surface area (Å²) in [6.07, 6.45) is 1.96. The van der Waals surface area contributed by atoms with E-state index < -0.39 is 5.60 Å². The van der Waals surface area contributed by atoms with Gasteiger partial charge in [0.25, 0.3) is 5.56 Å². The Morgan fingerprint density at radius 2 is 1.87 bits per heavy atom. The third kappa shape index (κ3) is 5.21. The van der Waals surface area contributed by atoms with Gasteiger partial charge in [-0.2, -0.15) is 10.2 Å². The van der Waals surface area contributed by atoms with Crippen LogP contribution >= 0.6 is 0 Å². The summed E-state index contributed by atoms with van der Waals surface area (Å²) in [6.45, 7) is 10.5. The second-order valence-corrected chi connectivity index (χ2v) is 10.9. The van der Waals surface area contributed by atoms with Gasteiger partial charge in [-0.15, -0.1) is 0 Å². The number of ether oxygens (including phenoxy) is 1. The van der Waals surface area contributed by atoms with Crippen LogP contribution in [0.2, 0.25) is 0 Å². The second kappa shape index (κ2) is 9.91. The van der Waals surface area contributed by atoms with Crippen LogP contribution in [0.1, 0.15) is 57.4 Å². The number of benzene rings is 2. The Labute approximate surface area is 226 Å². The standard InChI is InChI=1S/C29H31N7O3/c1-18(2)35-26(37)24-16-31-27(33-25(24)36(35)23-10-6-19(15-30)7-11-23)32-22-9-8-20-12-13-34(17-21(20)14-22)28(38)39-29(3,4)5/h6-11,14,16,18H,12-13,17H2,1-5H3,(H,31,32,33). The molecule has 0 saturated carbocycles. The topological polar surface area (TPSA) is 118 Å². The number of nitrogens with zero attached hydrogens (tertiary/aromatic N) is 6. The zero-order valence-electron chi connectivity index (χ0n) is 22.7. The van der Waals surface area contributed by atoms with Crippen LogP contribution in [-0.4, -0.2) is 42.5 Å². The predicted molar refractivity (Wildman–Crippen MR) is 148 cm³/mol. The van der Waals surface area contributed by atoms with E-state index in [-0.39, 0.29) is 17.7 Å². The first-order valence-electron chi connectivity index (χ1n) is 12.9. The van der Waals surface area contributed by atoms with Gasteiger partial charge in [-0.3, -0.25) is 4.79 Å². The van der Waals surface area contributed by atoms with E-state index in [1.165, 1.54) is 11.8 Å². The lowest BCUT2D eigenvalue weighted by Crippen LogP contribution is -2.39. The number of nitrogens with one attached hydrogen (secondary N) is 1. The van der Waals surface area contributed by atoms with Crippen LogP contribution in [-0.2, 0) is 17.7 Å². The Morgan fingerprint density at radius 3 is 2.54 bits per heavy atom. The number of fused-ring (bicyclic) bond motifs is 2. The van der Waals surface area contributed by atoms with Crippen molar-refractivity contribution in [2.75, 3.05) is 11.9 Å². The van der Waals surface area contributed by atoms with Gasteiger partial charge in [-0.05, 0) is 88.6 Å². The Balaban J connectivity index is 1.47. The Hall–Kier alpha value is -4.65. The molecule has 10 nitrogen and oxygen atoms in total. The zero-order valence-corrected chi connectivity index (χ0v) is 22.7. The van der Waals surface area contributed by atoms with E-state index in [4.69, 9.17) is 9.72 Å². The molecule has 0 saturated heterocycles. The first-order valence-corrected chi connectivity index (χ1v) is 12.9. The molecule has 1 aliphatic rings. The second-order valence-electron chi connectivity index (χ2n) is 10.9. The molecule has 2 aromatic carbocycles. The highest BCUT2D eigenvalue weighted by atomic mass is 16.6. The summed E-state index contributed by atoms with van der Waals surface area (Å²) < 4.78 is 8.95. The number of hydrogen-bond donors (Lipinski definition) is 1. The molecule has 0 spiro atoms. The molecule has 4 aromatic rings. The van der Waals surface area contributed by atoms with Gasteiger partial charge in [0.05, 0.1) is 17.3 Å². The lowest BCUT2D eigenvalue weighted by molar-refractivity contribution is 0.0224. The van der Waals surface area contributed by atoms with E-state index in [0.29, 0.717) is 35.6 Å². The molecule has 1 aliphatic heterocycles. The van der Waals surface area contributed by atoms with Gasteiger partial charge in [-0.25, -0.2) is 19.1 Å². The van der Waals surface area contributed by atoms with E-state index in [1.807, 2.05) is 52.8 Å². The maximum absolute atomic E-state index is 13.2. The summed E-state index contributed by atoms with van der Waals surface area (Å²) in [5.74, 6) is 0.338. The molecule has 1 N–H and O–H groups in total. The number of anilines is 2. The summed E-state index contributed by atoms with van der Waals surface area (Å²) in [6, 6.07) is 15.0. The zero-order chi connectivity index (χ0) is 27.9. The third-order valence-electron chi connectivity index (χ3n) is 6.48. The van der Waals surface area contributed by atoms with Crippen molar-refractivity contribution in [3.8, 4) is 11.8 Å². The molecule has 3 heterocycles. The summed E-state index contributed by atoms with van der Waals surface area (Å²) in [7, 11) is 0. The van der Waals surface area contributed by atoms with Gasteiger partial charge in [0, 0.05) is 31.0 Å². The quantitative estimate of drug-likeness (QED) is 0.395. The van der Waals surface area contributed by atoms with E-state index in [1.54, 1.807) is 38.5 Å². The molecule has 2 aromatic heterocycles. The first-order chi connectivity index (χ1) is 18.5. The molecule has 5 rings (SSSR count). The van der Waals surface area contributed by atoms with Crippen molar-refractivity contribution in [1.82, 2.24) is 24.2 Å². The number of aromatic nitrogens is 4. The van der Waals surface area contributed by atoms with Crippen molar-refractivity contribution >= 4 is 28.8 Å². The lowest BCUT2D eigenvalue weighted by Gasteiger charge is -2.31. The SMILES string of the molecule is CC(C)n1c(=O)c2cnc(Nc3ccc4c(c3)CN(C(=O)OC(C)(C)C)CC4)nc2n1-c1ccc(C#N)cc1. The number of carbonyl (C=O) groups excluding carboxylic acids is 1. The molecule has 0 aliphatic carbocycles. The maximum Gasteiger partial charge on any atom is 0.410 e. The monoisotopic (exact) mass is 525 g/mol. The molecule has 0 radical (unpaired) electrons. The maximum atomic E-state index is 13.2. The fraction of sp³-hybridized carbons (Fsp3) is 0.345. The van der Waals surface area contributed by atoms with Crippen LogP contribution in [0.15, 0.2) is 53.5 Å². The molecule has 0 fully saturated rings. The molecule has 39 heavy (non-hydrogen) atoms. The predicted octanol–water partition coefficient (Wildman–Crippen LogP) is 5.07. The number of nitriles is 1. The minimum atomic E-state index is -0.552. The number of carbonyl (C=O) groups is 1. The van der Waals surface area contributed by atoms with Crippen LogP contribution < -0.4 is 10.9 Å². The van der Waals surface area contributed by atoms with E-state index >= 15 is 0 Å². The van der Waals surface area contributed by atoms with Crippen molar-refractivity contribution in [2.24, 2.45) is 0 Å². The molecule has 1 amide bonds. The van der Waals surface area contributed by atoms with Gasteiger partial charge < -0.3 is 15.0 Å². The fourth-order valence-corrected chi connectivity index (χ4v) is 4.70.